The third-order valence-electron chi connectivity index (χ3n) is 7.87. The van der Waals surface area contributed by atoms with Gasteiger partial charge in [0.15, 0.2) is 0 Å². The molecule has 0 saturated heterocycles. The first-order chi connectivity index (χ1) is 25.6. The Morgan fingerprint density at radius 1 is 0.365 bits per heavy atom. The van der Waals surface area contributed by atoms with Crippen LogP contribution in [0.2, 0.25) is 0 Å². The zero-order valence-corrected chi connectivity index (χ0v) is 28.8. The Morgan fingerprint density at radius 3 is 0.827 bits per heavy atom. The summed E-state index contributed by atoms with van der Waals surface area (Å²) >= 11 is 0. The molecule has 2 heterocycles. The summed E-state index contributed by atoms with van der Waals surface area (Å²) in [7, 11) is 0. The molecule has 0 fully saturated rings. The minimum Gasteiger partial charge on any atom is -0.388 e. The molecule has 6 nitrogen and oxygen atoms in total. The van der Waals surface area contributed by atoms with Crippen molar-refractivity contribution in [1.82, 2.24) is 19.9 Å². The Hall–Kier alpha value is -7.05. The number of hydrogen-bond acceptors (Lipinski definition) is 5. The predicted molar refractivity (Wildman–Crippen MR) is 214 cm³/mol. The molecule has 3 N–H and O–H groups in total. The molecular weight excluding hydrogens is 637 g/mol. The zero-order valence-electron chi connectivity index (χ0n) is 28.8. The van der Waals surface area contributed by atoms with E-state index in [-0.39, 0.29) is 5.84 Å². The maximum absolute atomic E-state index is 6.28. The second kappa shape index (κ2) is 17.6. The van der Waals surface area contributed by atoms with Gasteiger partial charge in [-0.1, -0.05) is 182 Å². The molecule has 2 aromatic heterocycles. The molecule has 0 unspecified atom stereocenters. The van der Waals surface area contributed by atoms with Crippen molar-refractivity contribution >= 4 is 5.84 Å². The first kappa shape index (κ1) is 34.8. The van der Waals surface area contributed by atoms with Gasteiger partial charge in [0.05, 0.1) is 52.4 Å². The maximum Gasteiger partial charge on any atom is 0.0972 e. The monoisotopic (exact) mass is 674 g/mol. The van der Waals surface area contributed by atoms with E-state index in [0.29, 0.717) is 0 Å². The largest absolute Gasteiger partial charge is 0.388 e. The Balaban J connectivity index is 0.000000162. The summed E-state index contributed by atoms with van der Waals surface area (Å²) < 4.78 is 0. The first-order valence-corrected chi connectivity index (χ1v) is 16.9. The van der Waals surface area contributed by atoms with Crippen LogP contribution in [0.3, 0.4) is 0 Å². The van der Waals surface area contributed by atoms with Gasteiger partial charge in [-0.2, -0.15) is 0 Å². The van der Waals surface area contributed by atoms with Crippen molar-refractivity contribution in [3.8, 4) is 67.5 Å². The molecule has 8 aromatic rings. The van der Waals surface area contributed by atoms with Gasteiger partial charge >= 0.3 is 0 Å². The highest BCUT2D eigenvalue weighted by atomic mass is 14.8. The number of rotatable bonds is 6. The summed E-state index contributed by atoms with van der Waals surface area (Å²) in [5.74, 6) is 0.167. The molecule has 0 aliphatic rings. The summed E-state index contributed by atoms with van der Waals surface area (Å²) in [6.45, 7) is 1.53. The van der Waals surface area contributed by atoms with Crippen molar-refractivity contribution in [2.45, 2.75) is 6.92 Å². The molecule has 0 bridgehead atoms. The Kier molecular flexibility index (Phi) is 11.8. The van der Waals surface area contributed by atoms with E-state index in [4.69, 9.17) is 31.1 Å². The van der Waals surface area contributed by atoms with Crippen LogP contribution in [0.4, 0.5) is 0 Å². The van der Waals surface area contributed by atoms with Crippen LogP contribution in [0.25, 0.3) is 67.5 Å². The van der Waals surface area contributed by atoms with E-state index in [1.807, 2.05) is 122 Å². The highest BCUT2D eigenvalue weighted by Gasteiger charge is 2.14. The van der Waals surface area contributed by atoms with Crippen LogP contribution in [0.1, 0.15) is 6.92 Å². The van der Waals surface area contributed by atoms with Crippen LogP contribution in [0, 0.1) is 5.41 Å². The topological polar surface area (TPSA) is 101 Å². The van der Waals surface area contributed by atoms with Crippen molar-refractivity contribution in [1.29, 1.82) is 5.41 Å². The molecule has 0 saturated carbocycles. The highest BCUT2D eigenvalue weighted by Crippen LogP contribution is 2.32. The molecular formula is C46H38N6. The lowest BCUT2D eigenvalue weighted by molar-refractivity contribution is 1.21. The first-order valence-electron chi connectivity index (χ1n) is 16.9. The molecule has 0 spiro atoms. The molecule has 0 amide bonds. The molecule has 0 atom stereocenters. The van der Waals surface area contributed by atoms with Gasteiger partial charge < -0.3 is 5.73 Å². The molecule has 52 heavy (non-hydrogen) atoms. The fourth-order valence-corrected chi connectivity index (χ4v) is 5.48. The van der Waals surface area contributed by atoms with Gasteiger partial charge in [-0.05, 0) is 6.92 Å². The van der Waals surface area contributed by atoms with E-state index < -0.39 is 0 Å². The number of hydrogen-bond donors (Lipinski definition) is 2. The highest BCUT2D eigenvalue weighted by molar-refractivity contribution is 5.81. The lowest BCUT2D eigenvalue weighted by Crippen LogP contribution is -2.00. The fraction of sp³-hybridized carbons (Fsp3) is 0.0217. The second-order valence-corrected chi connectivity index (χ2v) is 11.8. The van der Waals surface area contributed by atoms with Gasteiger partial charge in [0.2, 0.25) is 0 Å². The van der Waals surface area contributed by atoms with Crippen LogP contribution in [-0.4, -0.2) is 25.8 Å². The lowest BCUT2D eigenvalue weighted by atomic mass is 10.0. The Morgan fingerprint density at radius 2 is 0.577 bits per heavy atom. The average Bonchev–Trinajstić information content (AvgIpc) is 3.22. The number of nitrogens with two attached hydrogens (primary N) is 1. The van der Waals surface area contributed by atoms with Crippen LogP contribution in [0.5, 0.6) is 0 Å². The normalized spacial score (nSPS) is 10.2. The SMILES string of the molecule is CC(=N)N.c1ccc(-c2cnc(-c3ccccc3)c(-c3ccccc3)n2)cc1.c1ccc(-c2cnc(-c3ccccc3)c(-c3ccccc3)n2)cc1. The third-order valence-corrected chi connectivity index (χ3v) is 7.87. The standard InChI is InChI=1S/2C22H16N2.C2H6N2/c2*1-4-10-17(11-5-1)20-16-23-21(18-12-6-2-7-13-18)22(24-20)19-14-8-3-9-15-19;1-2(3)4/h2*1-16H;1H3,(H3,3,4). The smallest absolute Gasteiger partial charge is 0.0972 e. The Labute approximate surface area is 304 Å². The molecule has 6 heteroatoms. The van der Waals surface area contributed by atoms with Gasteiger partial charge in [0, 0.05) is 33.4 Å². The number of nitrogens with zero attached hydrogens (tertiary/aromatic N) is 4. The van der Waals surface area contributed by atoms with Gasteiger partial charge in [0.25, 0.3) is 0 Å². The van der Waals surface area contributed by atoms with E-state index in [9.17, 15) is 0 Å². The summed E-state index contributed by atoms with van der Waals surface area (Å²) in [4.78, 5) is 19.3. The summed E-state index contributed by atoms with van der Waals surface area (Å²) in [5.41, 5.74) is 16.5. The van der Waals surface area contributed by atoms with E-state index in [0.717, 1.165) is 67.5 Å². The predicted octanol–water partition coefficient (Wildman–Crippen LogP) is 10.9. The second-order valence-electron chi connectivity index (χ2n) is 11.8. The zero-order chi connectivity index (χ0) is 36.0. The molecule has 0 radical (unpaired) electrons. The van der Waals surface area contributed by atoms with E-state index in [1.54, 1.807) is 0 Å². The molecule has 0 aliphatic carbocycles. The van der Waals surface area contributed by atoms with Crippen molar-refractivity contribution in [3.63, 3.8) is 0 Å². The van der Waals surface area contributed by atoms with E-state index in [2.05, 4.69) is 72.8 Å². The number of aromatic nitrogens is 4. The number of benzene rings is 6. The third kappa shape index (κ3) is 9.14. The van der Waals surface area contributed by atoms with Crippen LogP contribution in [-0.2, 0) is 0 Å². The van der Waals surface area contributed by atoms with Crippen molar-refractivity contribution in [2.75, 3.05) is 0 Å². The van der Waals surface area contributed by atoms with E-state index in [1.165, 1.54) is 6.92 Å². The lowest BCUT2D eigenvalue weighted by Gasteiger charge is -2.11. The maximum atomic E-state index is 6.28. The van der Waals surface area contributed by atoms with Gasteiger partial charge in [0.1, 0.15) is 0 Å². The van der Waals surface area contributed by atoms with E-state index >= 15 is 0 Å². The van der Waals surface area contributed by atoms with Crippen LogP contribution < -0.4 is 5.73 Å². The molecule has 6 aromatic carbocycles. The summed E-state index contributed by atoms with van der Waals surface area (Å²) in [6, 6.07) is 61.1. The fourth-order valence-electron chi connectivity index (χ4n) is 5.48. The van der Waals surface area contributed by atoms with Crippen molar-refractivity contribution in [2.24, 2.45) is 5.73 Å². The quantitative estimate of drug-likeness (QED) is 0.135. The van der Waals surface area contributed by atoms with Crippen LogP contribution >= 0.6 is 0 Å². The summed E-state index contributed by atoms with van der Waals surface area (Å²) in [5, 5.41) is 6.28. The van der Waals surface area contributed by atoms with Crippen molar-refractivity contribution < 1.29 is 0 Å². The average molecular weight is 675 g/mol. The van der Waals surface area contributed by atoms with Crippen LogP contribution in [0.15, 0.2) is 194 Å². The minimum atomic E-state index is 0.167. The van der Waals surface area contributed by atoms with Crippen molar-refractivity contribution in [3.05, 3.63) is 194 Å². The number of nitrogens with one attached hydrogen (secondary N) is 1. The minimum absolute atomic E-state index is 0.167. The molecule has 0 aliphatic heterocycles. The van der Waals surface area contributed by atoms with Gasteiger partial charge in [-0.3, -0.25) is 15.4 Å². The molecule has 252 valence electrons. The Bertz CT molecular complexity index is 2130. The van der Waals surface area contributed by atoms with Gasteiger partial charge in [-0.15, -0.1) is 0 Å². The number of amidine groups is 1. The van der Waals surface area contributed by atoms with Gasteiger partial charge in [-0.25, -0.2) is 9.97 Å². The summed E-state index contributed by atoms with van der Waals surface area (Å²) in [6.07, 6.45) is 3.70. The molecule has 8 rings (SSSR count).